The average Bonchev–Trinajstić information content (AvgIpc) is 2.24. The molecule has 0 unspecified atom stereocenters. The number of hydrogen-bond acceptors (Lipinski definition) is 3. The van der Waals surface area contributed by atoms with Crippen LogP contribution in [0.25, 0.3) is 0 Å². The largest absolute Gasteiger partial charge is 0.345 e. The maximum absolute atomic E-state index is 10.5. The van der Waals surface area contributed by atoms with Crippen molar-refractivity contribution >= 4 is 12.2 Å². The minimum Gasteiger partial charge on any atom is -0.345 e. The highest BCUT2D eigenvalue weighted by Crippen LogP contribution is 1.96. The van der Waals surface area contributed by atoms with Gasteiger partial charge in [0.15, 0.2) is 0 Å². The molecule has 15 heavy (non-hydrogen) atoms. The van der Waals surface area contributed by atoms with Gasteiger partial charge in [-0.05, 0) is 18.1 Å². The number of pyridine rings is 1. The van der Waals surface area contributed by atoms with Crippen molar-refractivity contribution in [1.29, 1.82) is 0 Å². The van der Waals surface area contributed by atoms with Crippen molar-refractivity contribution in [3.8, 4) is 11.8 Å². The number of nitrogens with zero attached hydrogens (tertiary/aromatic N) is 1. The van der Waals surface area contributed by atoms with Gasteiger partial charge < -0.3 is 5.32 Å². The lowest BCUT2D eigenvalue weighted by Crippen LogP contribution is -2.19. The molecule has 1 aromatic rings. The first-order valence-corrected chi connectivity index (χ1v) is 4.37. The fraction of sp³-hybridized carbons (Fsp3) is 0.182. The SMILES string of the molecule is CC(=O)NCC#Cc1cc(C=O)ccn1. The molecular weight excluding hydrogens is 192 g/mol. The first-order chi connectivity index (χ1) is 7.22. The van der Waals surface area contributed by atoms with Gasteiger partial charge in [-0.15, -0.1) is 0 Å². The minimum atomic E-state index is -0.126. The second-order valence-corrected chi connectivity index (χ2v) is 2.80. The summed E-state index contributed by atoms with van der Waals surface area (Å²) in [5, 5.41) is 2.53. The molecule has 0 bridgehead atoms. The molecule has 1 N–H and O–H groups in total. The molecule has 1 rings (SSSR count). The Morgan fingerprint density at radius 1 is 1.67 bits per heavy atom. The van der Waals surface area contributed by atoms with E-state index in [0.29, 0.717) is 11.3 Å². The third kappa shape index (κ3) is 4.05. The zero-order valence-corrected chi connectivity index (χ0v) is 8.28. The van der Waals surface area contributed by atoms with Crippen molar-refractivity contribution in [3.63, 3.8) is 0 Å². The number of carbonyl (C=O) groups excluding carboxylic acids is 2. The first-order valence-electron chi connectivity index (χ1n) is 4.37. The van der Waals surface area contributed by atoms with Gasteiger partial charge in [0, 0.05) is 18.7 Å². The molecule has 0 aliphatic carbocycles. The molecular formula is C11H10N2O2. The molecule has 1 amide bonds. The number of aromatic nitrogens is 1. The summed E-state index contributed by atoms with van der Waals surface area (Å²) in [5.74, 6) is 5.34. The van der Waals surface area contributed by atoms with Crippen LogP contribution in [0.4, 0.5) is 0 Å². The van der Waals surface area contributed by atoms with Crippen LogP contribution in [-0.4, -0.2) is 23.7 Å². The van der Waals surface area contributed by atoms with E-state index in [1.807, 2.05) is 0 Å². The number of hydrogen-bond donors (Lipinski definition) is 1. The smallest absolute Gasteiger partial charge is 0.217 e. The second-order valence-electron chi connectivity index (χ2n) is 2.80. The quantitative estimate of drug-likeness (QED) is 0.557. The van der Waals surface area contributed by atoms with Gasteiger partial charge in [0.2, 0.25) is 5.91 Å². The Labute approximate surface area is 87.7 Å². The summed E-state index contributed by atoms with van der Waals surface area (Å²) in [5.41, 5.74) is 1.05. The monoisotopic (exact) mass is 202 g/mol. The van der Waals surface area contributed by atoms with Crippen molar-refractivity contribution < 1.29 is 9.59 Å². The fourth-order valence-corrected chi connectivity index (χ4v) is 0.892. The Hall–Kier alpha value is -2.15. The van der Waals surface area contributed by atoms with E-state index in [9.17, 15) is 9.59 Å². The molecule has 0 saturated heterocycles. The van der Waals surface area contributed by atoms with Gasteiger partial charge in [0.05, 0.1) is 6.54 Å². The van der Waals surface area contributed by atoms with Crippen LogP contribution in [0.5, 0.6) is 0 Å². The molecule has 0 aliphatic rings. The van der Waals surface area contributed by atoms with E-state index in [-0.39, 0.29) is 12.5 Å². The normalized spacial score (nSPS) is 8.60. The molecule has 0 aliphatic heterocycles. The van der Waals surface area contributed by atoms with Crippen molar-refractivity contribution in [2.45, 2.75) is 6.92 Å². The Morgan fingerprint density at radius 3 is 3.13 bits per heavy atom. The van der Waals surface area contributed by atoms with Gasteiger partial charge in [-0.3, -0.25) is 9.59 Å². The molecule has 0 fully saturated rings. The zero-order valence-electron chi connectivity index (χ0n) is 8.28. The van der Waals surface area contributed by atoms with Gasteiger partial charge in [-0.1, -0.05) is 5.92 Å². The van der Waals surface area contributed by atoms with Crippen LogP contribution in [0.15, 0.2) is 18.3 Å². The number of nitrogens with one attached hydrogen (secondary N) is 1. The standard InChI is InChI=1S/C11H10N2O2/c1-9(15)12-5-2-3-11-7-10(8-14)4-6-13-11/h4,6-8H,5H2,1H3,(H,12,15). The summed E-state index contributed by atoms with van der Waals surface area (Å²) < 4.78 is 0. The molecule has 4 nitrogen and oxygen atoms in total. The highest BCUT2D eigenvalue weighted by Gasteiger charge is 1.91. The zero-order chi connectivity index (χ0) is 11.1. The van der Waals surface area contributed by atoms with Gasteiger partial charge in [0.25, 0.3) is 0 Å². The second kappa shape index (κ2) is 5.55. The molecule has 0 spiro atoms. The lowest BCUT2D eigenvalue weighted by atomic mass is 10.2. The highest BCUT2D eigenvalue weighted by molar-refractivity contribution is 5.75. The Bertz CT molecular complexity index is 430. The van der Waals surface area contributed by atoms with Crippen LogP contribution < -0.4 is 5.32 Å². The third-order valence-electron chi connectivity index (χ3n) is 1.56. The Balaban J connectivity index is 2.63. The summed E-state index contributed by atoms with van der Waals surface area (Å²) in [6.07, 6.45) is 2.26. The van der Waals surface area contributed by atoms with Crippen LogP contribution in [-0.2, 0) is 4.79 Å². The van der Waals surface area contributed by atoms with Crippen molar-refractivity contribution in [2.75, 3.05) is 6.54 Å². The van der Waals surface area contributed by atoms with E-state index < -0.39 is 0 Å². The van der Waals surface area contributed by atoms with Crippen LogP contribution in [0.3, 0.4) is 0 Å². The van der Waals surface area contributed by atoms with Gasteiger partial charge in [0.1, 0.15) is 12.0 Å². The van der Waals surface area contributed by atoms with E-state index in [2.05, 4.69) is 22.1 Å². The van der Waals surface area contributed by atoms with Crippen LogP contribution in [0, 0.1) is 11.8 Å². The molecule has 0 atom stereocenters. The Morgan fingerprint density at radius 2 is 2.47 bits per heavy atom. The van der Waals surface area contributed by atoms with Crippen molar-refractivity contribution in [1.82, 2.24) is 10.3 Å². The number of rotatable bonds is 2. The van der Waals surface area contributed by atoms with Gasteiger partial charge in [-0.25, -0.2) is 4.98 Å². The van der Waals surface area contributed by atoms with E-state index in [1.54, 1.807) is 12.1 Å². The minimum absolute atomic E-state index is 0.126. The predicted molar refractivity (Wildman–Crippen MR) is 55.2 cm³/mol. The lowest BCUT2D eigenvalue weighted by Gasteiger charge is -1.92. The summed E-state index contributed by atoms with van der Waals surface area (Å²) in [4.78, 5) is 24.9. The van der Waals surface area contributed by atoms with E-state index in [4.69, 9.17) is 0 Å². The van der Waals surface area contributed by atoms with Crippen LogP contribution in [0.1, 0.15) is 23.0 Å². The molecule has 4 heteroatoms. The van der Waals surface area contributed by atoms with Gasteiger partial charge >= 0.3 is 0 Å². The summed E-state index contributed by atoms with van der Waals surface area (Å²) >= 11 is 0. The summed E-state index contributed by atoms with van der Waals surface area (Å²) in [6, 6.07) is 3.19. The highest BCUT2D eigenvalue weighted by atomic mass is 16.1. The fourth-order valence-electron chi connectivity index (χ4n) is 0.892. The van der Waals surface area contributed by atoms with E-state index in [1.165, 1.54) is 13.1 Å². The third-order valence-corrected chi connectivity index (χ3v) is 1.56. The molecule has 0 aromatic carbocycles. The molecule has 1 heterocycles. The number of amides is 1. The number of aldehydes is 1. The van der Waals surface area contributed by atoms with E-state index in [0.717, 1.165) is 6.29 Å². The Kier molecular flexibility index (Phi) is 4.05. The van der Waals surface area contributed by atoms with E-state index >= 15 is 0 Å². The molecule has 0 radical (unpaired) electrons. The molecule has 0 saturated carbocycles. The average molecular weight is 202 g/mol. The summed E-state index contributed by atoms with van der Waals surface area (Å²) in [7, 11) is 0. The maximum atomic E-state index is 10.5. The maximum Gasteiger partial charge on any atom is 0.217 e. The number of carbonyl (C=O) groups is 2. The predicted octanol–water partition coefficient (Wildman–Crippen LogP) is 0.382. The lowest BCUT2D eigenvalue weighted by molar-refractivity contribution is -0.118. The first kappa shape index (κ1) is 10.9. The summed E-state index contributed by atoms with van der Waals surface area (Å²) in [6.45, 7) is 1.70. The molecule has 76 valence electrons. The van der Waals surface area contributed by atoms with Crippen LogP contribution >= 0.6 is 0 Å². The van der Waals surface area contributed by atoms with Gasteiger partial charge in [-0.2, -0.15) is 0 Å². The topological polar surface area (TPSA) is 59.1 Å². The van der Waals surface area contributed by atoms with Crippen LogP contribution in [0.2, 0.25) is 0 Å². The molecule has 1 aromatic heterocycles. The van der Waals surface area contributed by atoms with Crippen molar-refractivity contribution in [3.05, 3.63) is 29.6 Å². The van der Waals surface area contributed by atoms with Crippen molar-refractivity contribution in [2.24, 2.45) is 0 Å².